The molecule has 0 radical (unpaired) electrons. The van der Waals surface area contributed by atoms with E-state index in [4.69, 9.17) is 10.7 Å². The van der Waals surface area contributed by atoms with Crippen molar-refractivity contribution in [2.75, 3.05) is 0 Å². The van der Waals surface area contributed by atoms with Gasteiger partial charge in [-0.15, -0.1) is 0 Å². The normalized spacial score (nSPS) is 11.7. The fraction of sp³-hybridized carbons (Fsp3) is 0.111. The van der Waals surface area contributed by atoms with E-state index in [1.165, 1.54) is 0 Å². The molecular weight excluding hydrogens is 330 g/mol. The van der Waals surface area contributed by atoms with Crippen LogP contribution in [0.3, 0.4) is 0 Å². The highest BCUT2D eigenvalue weighted by Crippen LogP contribution is 2.28. The van der Waals surface area contributed by atoms with E-state index in [9.17, 15) is 8.42 Å². The average molecular weight is 337 g/mol. The van der Waals surface area contributed by atoms with Gasteiger partial charge in [-0.05, 0) is 34.5 Å². The van der Waals surface area contributed by atoms with Gasteiger partial charge in [0, 0.05) is 20.7 Å². The number of aromatic nitrogens is 3. The summed E-state index contributed by atoms with van der Waals surface area (Å²) in [6, 6.07) is 5.53. The fourth-order valence-electron chi connectivity index (χ4n) is 1.30. The molecule has 1 aromatic carbocycles. The molecule has 0 spiro atoms. The number of hydrogen-bond donors (Lipinski definition) is 1. The van der Waals surface area contributed by atoms with Gasteiger partial charge in [0.2, 0.25) is 0 Å². The van der Waals surface area contributed by atoms with Crippen molar-refractivity contribution >= 4 is 35.7 Å². The molecule has 90 valence electrons. The Balaban J connectivity index is 2.55. The third-order valence-corrected chi connectivity index (χ3v) is 4.26. The zero-order valence-corrected chi connectivity index (χ0v) is 11.8. The van der Waals surface area contributed by atoms with E-state index in [1.54, 1.807) is 6.07 Å². The molecule has 0 aliphatic heterocycles. The Hall–Kier alpha value is -0.920. The Morgan fingerprint density at radius 1 is 1.41 bits per heavy atom. The van der Waals surface area contributed by atoms with Crippen LogP contribution in [0.5, 0.6) is 0 Å². The molecule has 2 aromatic rings. The van der Waals surface area contributed by atoms with E-state index < -0.39 is 9.05 Å². The summed E-state index contributed by atoms with van der Waals surface area (Å²) in [4.78, 5) is 3.84. The first-order valence-electron chi connectivity index (χ1n) is 4.52. The third kappa shape index (κ3) is 2.51. The number of aromatic amines is 1. The maximum absolute atomic E-state index is 11.0. The minimum absolute atomic E-state index is 0.278. The highest BCUT2D eigenvalue weighted by Gasteiger charge is 2.18. The number of benzene rings is 1. The summed E-state index contributed by atoms with van der Waals surface area (Å²) in [5.74, 6) is 0.278. The minimum atomic E-state index is -3.89. The molecule has 0 amide bonds. The molecule has 0 saturated carbocycles. The van der Waals surface area contributed by atoms with Gasteiger partial charge in [0.05, 0.1) is 0 Å². The van der Waals surface area contributed by atoms with Crippen LogP contribution in [-0.2, 0) is 9.05 Å². The van der Waals surface area contributed by atoms with E-state index in [0.717, 1.165) is 10.0 Å². The zero-order valence-electron chi connectivity index (χ0n) is 8.61. The van der Waals surface area contributed by atoms with Crippen LogP contribution in [0.1, 0.15) is 5.56 Å². The Morgan fingerprint density at radius 3 is 2.71 bits per heavy atom. The molecule has 0 atom stereocenters. The monoisotopic (exact) mass is 335 g/mol. The lowest BCUT2D eigenvalue weighted by molar-refractivity contribution is 0.602. The van der Waals surface area contributed by atoms with Crippen LogP contribution in [-0.4, -0.2) is 23.6 Å². The Labute approximate surface area is 111 Å². The summed E-state index contributed by atoms with van der Waals surface area (Å²) in [7, 11) is 1.27. The molecule has 0 saturated heterocycles. The maximum Gasteiger partial charge on any atom is 0.296 e. The molecule has 8 heteroatoms. The molecule has 1 N–H and O–H groups in total. The van der Waals surface area contributed by atoms with Crippen LogP contribution in [0.4, 0.5) is 0 Å². The molecule has 2 rings (SSSR count). The van der Waals surface area contributed by atoms with Gasteiger partial charge in [-0.3, -0.25) is 0 Å². The highest BCUT2D eigenvalue weighted by molar-refractivity contribution is 9.10. The second kappa shape index (κ2) is 4.40. The number of nitrogens with zero attached hydrogens (tertiary/aromatic N) is 2. The maximum atomic E-state index is 11.0. The summed E-state index contributed by atoms with van der Waals surface area (Å²) < 4.78 is 22.9. The van der Waals surface area contributed by atoms with Crippen molar-refractivity contribution in [2.45, 2.75) is 12.1 Å². The molecule has 0 fully saturated rings. The van der Waals surface area contributed by atoms with Crippen LogP contribution >= 0.6 is 26.6 Å². The summed E-state index contributed by atoms with van der Waals surface area (Å²) >= 11 is 3.40. The second-order valence-electron chi connectivity index (χ2n) is 3.34. The van der Waals surface area contributed by atoms with Gasteiger partial charge >= 0.3 is 0 Å². The predicted octanol–water partition coefficient (Wildman–Crippen LogP) is 2.47. The Kier molecular flexibility index (Phi) is 3.24. The Bertz CT molecular complexity index is 669. The number of rotatable bonds is 2. The smallest absolute Gasteiger partial charge is 0.248 e. The molecule has 1 aromatic heterocycles. The molecule has 5 nitrogen and oxygen atoms in total. The molecule has 0 bridgehead atoms. The van der Waals surface area contributed by atoms with Gasteiger partial charge in [0.1, 0.15) is 0 Å². The van der Waals surface area contributed by atoms with E-state index in [0.29, 0.717) is 5.56 Å². The number of H-pyrrole nitrogens is 1. The van der Waals surface area contributed by atoms with Crippen LogP contribution in [0.2, 0.25) is 0 Å². The topological polar surface area (TPSA) is 75.7 Å². The lowest BCUT2D eigenvalue weighted by atomic mass is 10.1. The molecule has 0 aliphatic carbocycles. The lowest BCUT2D eigenvalue weighted by Crippen LogP contribution is -1.93. The van der Waals surface area contributed by atoms with Crippen molar-refractivity contribution in [3.8, 4) is 11.4 Å². The summed E-state index contributed by atoms with van der Waals surface area (Å²) in [5, 5.41) is 5.76. The molecular formula is C9H7BrClN3O2S. The van der Waals surface area contributed by atoms with E-state index in [-0.39, 0.29) is 11.0 Å². The number of nitrogens with one attached hydrogen (secondary N) is 1. The first kappa shape index (κ1) is 12.5. The standard InChI is InChI=1S/C9H7BrClN3O2S/c1-5-3-2-4-6(7(5)10)8-12-9(14-13-8)17(11,15)16/h2-4H,1H3,(H,12,13,14). The molecule has 17 heavy (non-hydrogen) atoms. The summed E-state index contributed by atoms with van der Waals surface area (Å²) in [6.07, 6.45) is 0. The fourth-order valence-corrected chi connectivity index (χ4v) is 2.30. The SMILES string of the molecule is Cc1cccc(-c2n[nH]c(S(=O)(=O)Cl)n2)c1Br. The van der Waals surface area contributed by atoms with Crippen molar-refractivity contribution in [1.82, 2.24) is 15.2 Å². The van der Waals surface area contributed by atoms with Crippen molar-refractivity contribution in [3.05, 3.63) is 28.2 Å². The largest absolute Gasteiger partial charge is 0.296 e. The number of halogens is 2. The molecule has 0 aliphatic rings. The van der Waals surface area contributed by atoms with Crippen LogP contribution in [0.25, 0.3) is 11.4 Å². The number of hydrogen-bond acceptors (Lipinski definition) is 4. The first-order chi connectivity index (χ1) is 7.89. The second-order valence-corrected chi connectivity index (χ2v) is 6.61. The van der Waals surface area contributed by atoms with Crippen molar-refractivity contribution in [3.63, 3.8) is 0 Å². The minimum Gasteiger partial charge on any atom is -0.248 e. The average Bonchev–Trinajstić information content (AvgIpc) is 2.70. The van der Waals surface area contributed by atoms with E-state index in [2.05, 4.69) is 31.1 Å². The van der Waals surface area contributed by atoms with Gasteiger partial charge in [0.25, 0.3) is 14.2 Å². The number of aryl methyl sites for hydroxylation is 1. The van der Waals surface area contributed by atoms with Gasteiger partial charge in [0.15, 0.2) is 5.82 Å². The molecule has 0 unspecified atom stereocenters. The summed E-state index contributed by atoms with van der Waals surface area (Å²) in [5.41, 5.74) is 1.70. The van der Waals surface area contributed by atoms with Crippen molar-refractivity contribution in [1.29, 1.82) is 0 Å². The van der Waals surface area contributed by atoms with Crippen LogP contribution in [0, 0.1) is 6.92 Å². The first-order valence-corrected chi connectivity index (χ1v) is 7.62. The molecule has 1 heterocycles. The van der Waals surface area contributed by atoms with E-state index >= 15 is 0 Å². The van der Waals surface area contributed by atoms with Gasteiger partial charge in [-0.25, -0.2) is 13.5 Å². The predicted molar refractivity (Wildman–Crippen MR) is 67.3 cm³/mol. The Morgan fingerprint density at radius 2 is 2.12 bits per heavy atom. The van der Waals surface area contributed by atoms with Crippen LogP contribution in [0.15, 0.2) is 27.8 Å². The van der Waals surface area contributed by atoms with Crippen molar-refractivity contribution in [2.24, 2.45) is 0 Å². The summed E-state index contributed by atoms with van der Waals surface area (Å²) in [6.45, 7) is 1.92. The van der Waals surface area contributed by atoms with Crippen LogP contribution < -0.4 is 0 Å². The van der Waals surface area contributed by atoms with E-state index in [1.807, 2.05) is 19.1 Å². The van der Waals surface area contributed by atoms with Crippen molar-refractivity contribution < 1.29 is 8.42 Å². The van der Waals surface area contributed by atoms with Gasteiger partial charge < -0.3 is 0 Å². The van der Waals surface area contributed by atoms with Gasteiger partial charge in [-0.2, -0.15) is 10.1 Å². The quantitative estimate of drug-likeness (QED) is 0.855. The third-order valence-electron chi connectivity index (χ3n) is 2.13. The lowest BCUT2D eigenvalue weighted by Gasteiger charge is -2.02. The van der Waals surface area contributed by atoms with Gasteiger partial charge in [-0.1, -0.05) is 12.1 Å². The highest BCUT2D eigenvalue weighted by atomic mass is 79.9. The zero-order chi connectivity index (χ0) is 12.6.